The van der Waals surface area contributed by atoms with Crippen LogP contribution in [0.1, 0.15) is 25.3 Å². The van der Waals surface area contributed by atoms with Gasteiger partial charge in [0.2, 0.25) is 5.91 Å². The van der Waals surface area contributed by atoms with Crippen LogP contribution in [0.5, 0.6) is 0 Å². The van der Waals surface area contributed by atoms with E-state index in [0.29, 0.717) is 6.04 Å². The van der Waals surface area contributed by atoms with Crippen molar-refractivity contribution < 1.29 is 4.79 Å². The predicted molar refractivity (Wildman–Crippen MR) is 80.5 cm³/mol. The van der Waals surface area contributed by atoms with Crippen LogP contribution in [0.15, 0.2) is 29.2 Å². The topological polar surface area (TPSA) is 41.1 Å². The number of benzene rings is 1. The van der Waals surface area contributed by atoms with Gasteiger partial charge < -0.3 is 10.6 Å². The number of hydrogen-bond donors (Lipinski definition) is 2. The third-order valence-electron chi connectivity index (χ3n) is 3.39. The number of aryl methyl sites for hydroxylation is 1. The Labute approximate surface area is 119 Å². The van der Waals surface area contributed by atoms with E-state index in [9.17, 15) is 4.79 Å². The van der Waals surface area contributed by atoms with E-state index in [4.69, 9.17) is 0 Å². The monoisotopic (exact) mass is 278 g/mol. The summed E-state index contributed by atoms with van der Waals surface area (Å²) in [5.74, 6) is 0.150. The lowest BCUT2D eigenvalue weighted by Crippen LogP contribution is -2.45. The van der Waals surface area contributed by atoms with E-state index in [1.54, 1.807) is 11.8 Å². The molecule has 1 atom stereocenters. The van der Waals surface area contributed by atoms with Crippen molar-refractivity contribution in [2.45, 2.75) is 42.9 Å². The highest BCUT2D eigenvalue weighted by Crippen LogP contribution is 2.23. The van der Waals surface area contributed by atoms with Crippen molar-refractivity contribution in [3.05, 3.63) is 29.8 Å². The highest BCUT2D eigenvalue weighted by molar-refractivity contribution is 8.00. The van der Waals surface area contributed by atoms with E-state index in [-0.39, 0.29) is 11.2 Å². The Kier molecular flexibility index (Phi) is 5.28. The van der Waals surface area contributed by atoms with Crippen molar-refractivity contribution in [3.8, 4) is 0 Å². The van der Waals surface area contributed by atoms with Gasteiger partial charge in [-0.3, -0.25) is 4.79 Å². The lowest BCUT2D eigenvalue weighted by Gasteiger charge is -2.25. The van der Waals surface area contributed by atoms with Crippen LogP contribution in [0.25, 0.3) is 0 Å². The van der Waals surface area contributed by atoms with Gasteiger partial charge in [-0.1, -0.05) is 17.7 Å². The van der Waals surface area contributed by atoms with Gasteiger partial charge in [-0.25, -0.2) is 0 Å². The van der Waals surface area contributed by atoms with Crippen LogP contribution in [0.2, 0.25) is 0 Å². The zero-order chi connectivity index (χ0) is 13.7. The predicted octanol–water partition coefficient (Wildman–Crippen LogP) is 2.34. The highest BCUT2D eigenvalue weighted by atomic mass is 32.2. The van der Waals surface area contributed by atoms with Gasteiger partial charge in [0, 0.05) is 10.9 Å². The Morgan fingerprint density at radius 2 is 1.95 bits per heavy atom. The quantitative estimate of drug-likeness (QED) is 0.831. The third kappa shape index (κ3) is 4.55. The van der Waals surface area contributed by atoms with E-state index < -0.39 is 0 Å². The Bertz CT molecular complexity index is 413. The molecule has 4 heteroatoms. The van der Waals surface area contributed by atoms with Gasteiger partial charge in [0.1, 0.15) is 0 Å². The Hall–Kier alpha value is -1.00. The molecule has 1 unspecified atom stereocenters. The average Bonchev–Trinajstić information content (AvgIpc) is 2.42. The standard InChI is InChI=1S/C15H22N2OS/c1-11-3-5-14(6-4-11)19-12(2)15(18)17-13-7-9-16-10-8-13/h3-6,12-13,16H,7-10H2,1-2H3,(H,17,18). The zero-order valence-electron chi connectivity index (χ0n) is 11.6. The zero-order valence-corrected chi connectivity index (χ0v) is 12.4. The fraction of sp³-hybridized carbons (Fsp3) is 0.533. The van der Waals surface area contributed by atoms with E-state index in [1.807, 2.05) is 6.92 Å². The molecule has 1 heterocycles. The van der Waals surface area contributed by atoms with Crippen molar-refractivity contribution in [1.29, 1.82) is 0 Å². The Morgan fingerprint density at radius 1 is 1.32 bits per heavy atom. The Balaban J connectivity index is 1.83. The van der Waals surface area contributed by atoms with Crippen LogP contribution < -0.4 is 10.6 Å². The first-order valence-corrected chi connectivity index (χ1v) is 7.77. The molecule has 1 amide bonds. The van der Waals surface area contributed by atoms with Gasteiger partial charge >= 0.3 is 0 Å². The molecular weight excluding hydrogens is 256 g/mol. The second kappa shape index (κ2) is 6.96. The molecule has 0 saturated carbocycles. The summed E-state index contributed by atoms with van der Waals surface area (Å²) in [4.78, 5) is 13.3. The molecule has 19 heavy (non-hydrogen) atoms. The summed E-state index contributed by atoms with van der Waals surface area (Å²) in [6.07, 6.45) is 2.07. The third-order valence-corrected chi connectivity index (χ3v) is 4.50. The molecule has 1 aliphatic rings. The van der Waals surface area contributed by atoms with E-state index in [2.05, 4.69) is 41.8 Å². The minimum absolute atomic E-state index is 0.0439. The lowest BCUT2D eigenvalue weighted by atomic mass is 10.1. The summed E-state index contributed by atoms with van der Waals surface area (Å²) in [6, 6.07) is 8.66. The molecule has 0 aliphatic carbocycles. The fourth-order valence-electron chi connectivity index (χ4n) is 2.16. The molecule has 0 bridgehead atoms. The summed E-state index contributed by atoms with van der Waals surface area (Å²) in [7, 11) is 0. The van der Waals surface area contributed by atoms with Gasteiger partial charge in [0.05, 0.1) is 5.25 Å². The maximum atomic E-state index is 12.1. The second-order valence-corrected chi connectivity index (χ2v) is 6.52. The fourth-order valence-corrected chi connectivity index (χ4v) is 3.04. The molecule has 104 valence electrons. The number of carbonyl (C=O) groups excluding carboxylic acids is 1. The van der Waals surface area contributed by atoms with Crippen LogP contribution >= 0.6 is 11.8 Å². The summed E-state index contributed by atoms with van der Waals surface area (Å²) in [6.45, 7) is 6.05. The van der Waals surface area contributed by atoms with E-state index >= 15 is 0 Å². The number of amides is 1. The molecule has 1 saturated heterocycles. The number of piperidine rings is 1. The molecule has 0 spiro atoms. The van der Waals surface area contributed by atoms with Crippen molar-refractivity contribution in [2.24, 2.45) is 0 Å². The molecule has 2 N–H and O–H groups in total. The SMILES string of the molecule is Cc1ccc(SC(C)C(=O)NC2CCNCC2)cc1. The van der Waals surface area contributed by atoms with Crippen molar-refractivity contribution >= 4 is 17.7 Å². The molecular formula is C15H22N2OS. The molecule has 1 aromatic carbocycles. The smallest absolute Gasteiger partial charge is 0.233 e. The first-order valence-electron chi connectivity index (χ1n) is 6.89. The summed E-state index contributed by atoms with van der Waals surface area (Å²) in [5, 5.41) is 6.41. The molecule has 1 fully saturated rings. The van der Waals surface area contributed by atoms with Gasteiger partial charge in [-0.05, 0) is 51.9 Å². The van der Waals surface area contributed by atoms with Gasteiger partial charge in [-0.15, -0.1) is 11.8 Å². The van der Waals surface area contributed by atoms with Crippen LogP contribution in [0.4, 0.5) is 0 Å². The maximum Gasteiger partial charge on any atom is 0.233 e. The van der Waals surface area contributed by atoms with Gasteiger partial charge in [0.25, 0.3) is 0 Å². The average molecular weight is 278 g/mol. The van der Waals surface area contributed by atoms with Crippen molar-refractivity contribution in [2.75, 3.05) is 13.1 Å². The normalized spacial score (nSPS) is 18.0. The van der Waals surface area contributed by atoms with Crippen LogP contribution in [0.3, 0.4) is 0 Å². The lowest BCUT2D eigenvalue weighted by molar-refractivity contribution is -0.121. The maximum absolute atomic E-state index is 12.1. The molecule has 3 nitrogen and oxygen atoms in total. The van der Waals surface area contributed by atoms with E-state index in [1.165, 1.54) is 5.56 Å². The van der Waals surface area contributed by atoms with Gasteiger partial charge in [0.15, 0.2) is 0 Å². The second-order valence-electron chi connectivity index (χ2n) is 5.11. The minimum Gasteiger partial charge on any atom is -0.352 e. The van der Waals surface area contributed by atoms with Crippen LogP contribution in [-0.2, 0) is 4.79 Å². The summed E-state index contributed by atoms with van der Waals surface area (Å²) < 4.78 is 0. The summed E-state index contributed by atoms with van der Waals surface area (Å²) in [5.41, 5.74) is 1.25. The molecule has 0 radical (unpaired) electrons. The first-order chi connectivity index (χ1) is 9.15. The first kappa shape index (κ1) is 14.4. The van der Waals surface area contributed by atoms with Crippen molar-refractivity contribution in [3.63, 3.8) is 0 Å². The molecule has 0 aromatic heterocycles. The number of nitrogens with one attached hydrogen (secondary N) is 2. The van der Waals surface area contributed by atoms with Crippen LogP contribution in [0, 0.1) is 6.92 Å². The van der Waals surface area contributed by atoms with Crippen LogP contribution in [-0.4, -0.2) is 30.3 Å². The minimum atomic E-state index is -0.0439. The van der Waals surface area contributed by atoms with Crippen molar-refractivity contribution in [1.82, 2.24) is 10.6 Å². The molecule has 2 rings (SSSR count). The Morgan fingerprint density at radius 3 is 2.58 bits per heavy atom. The molecule has 1 aliphatic heterocycles. The number of thioether (sulfide) groups is 1. The largest absolute Gasteiger partial charge is 0.352 e. The molecule has 1 aromatic rings. The summed E-state index contributed by atoms with van der Waals surface area (Å²) >= 11 is 1.62. The number of carbonyl (C=O) groups is 1. The number of hydrogen-bond acceptors (Lipinski definition) is 3. The number of rotatable bonds is 4. The highest BCUT2D eigenvalue weighted by Gasteiger charge is 2.19. The van der Waals surface area contributed by atoms with E-state index in [0.717, 1.165) is 30.8 Å². The van der Waals surface area contributed by atoms with Gasteiger partial charge in [-0.2, -0.15) is 0 Å².